The summed E-state index contributed by atoms with van der Waals surface area (Å²) < 4.78 is 11.8. The van der Waals surface area contributed by atoms with E-state index < -0.39 is 0 Å². The highest BCUT2D eigenvalue weighted by molar-refractivity contribution is 6.11. The van der Waals surface area contributed by atoms with Crippen LogP contribution < -0.4 is 0 Å². The molecule has 109 heavy (non-hydrogen) atoms. The van der Waals surface area contributed by atoms with Gasteiger partial charge >= 0.3 is 0 Å². The maximum absolute atomic E-state index is 2.38. The highest BCUT2D eigenvalue weighted by Gasteiger charge is 2.12. The van der Waals surface area contributed by atoms with Crippen LogP contribution in [-0.4, -0.2) is 71.9 Å². The largest absolute Gasteiger partial charge is 0.341 e. The molecule has 0 radical (unpaired) electrons. The summed E-state index contributed by atoms with van der Waals surface area (Å²) in [4.78, 5) is 4.75. The fraction of sp³-hybridized carbons (Fsp3) is 0.412. The van der Waals surface area contributed by atoms with Crippen molar-refractivity contribution in [3.8, 4) is 0 Å². The number of aryl methyl sites for hydroxylation is 5. The second kappa shape index (κ2) is 63.0. The lowest BCUT2D eigenvalue weighted by Gasteiger charge is -2.13. The van der Waals surface area contributed by atoms with Gasteiger partial charge < -0.3 is 32.6 Å². The molecule has 7 nitrogen and oxygen atoms in total. The highest BCUT2D eigenvalue weighted by Crippen LogP contribution is 2.33. The molecule has 0 saturated heterocycles. The van der Waals surface area contributed by atoms with Crippen LogP contribution in [0.15, 0.2) is 243 Å². The van der Waals surface area contributed by atoms with Crippen LogP contribution in [0.25, 0.3) is 109 Å². The Labute approximate surface area is 667 Å². The SMILES string of the molecule is CC.CC.CC.CC.CC.CC.CC.CC.CC.CC.CCN(CC)CC.CCN(CC)CC.CCn1c2ccccc2c2ccccc21.CCn1c2ccccc2c2ccccc21.CCn1c2ccccc2c2ccccc21.CCn1c2ccccc2c2ccccc21.CCn1c2ccccc2c2ccccc21. The molecule has 10 aromatic carbocycles. The second-order valence-corrected chi connectivity index (χ2v) is 22.1. The number of fused-ring (bicyclic) bond motifs is 15. The lowest BCUT2D eigenvalue weighted by Crippen LogP contribution is -2.21. The fourth-order valence-corrected chi connectivity index (χ4v) is 13.1. The van der Waals surface area contributed by atoms with E-state index in [1.54, 1.807) is 0 Å². The molecule has 0 spiro atoms. The van der Waals surface area contributed by atoms with Gasteiger partial charge in [0.2, 0.25) is 0 Å². The van der Waals surface area contributed by atoms with Gasteiger partial charge in [0.25, 0.3) is 0 Å². The van der Waals surface area contributed by atoms with E-state index in [-0.39, 0.29) is 0 Å². The molecule has 5 aromatic heterocycles. The molecule has 15 rings (SSSR count). The lowest BCUT2D eigenvalue weighted by molar-refractivity contribution is 0.321. The first kappa shape index (κ1) is 102. The van der Waals surface area contributed by atoms with Crippen LogP contribution in [0.2, 0.25) is 0 Å². The number of nitrogens with zero attached hydrogens (tertiary/aromatic N) is 7. The Balaban J connectivity index is 0. The molecule has 0 unspecified atom stereocenters. The predicted octanol–water partition coefficient (Wildman–Crippen LogP) is 32.0. The van der Waals surface area contributed by atoms with Crippen molar-refractivity contribution >= 4 is 109 Å². The Morgan fingerprint density at radius 1 is 0.147 bits per heavy atom. The number of hydrogen-bond acceptors (Lipinski definition) is 2. The quantitative estimate of drug-likeness (QED) is 0.129. The van der Waals surface area contributed by atoms with Crippen molar-refractivity contribution in [2.75, 3.05) is 39.3 Å². The van der Waals surface area contributed by atoms with Crippen LogP contribution in [0.4, 0.5) is 0 Å². The summed E-state index contributed by atoms with van der Waals surface area (Å²) in [5.41, 5.74) is 13.3. The van der Waals surface area contributed by atoms with Gasteiger partial charge in [-0.25, -0.2) is 0 Å². The minimum absolute atomic E-state index is 1.02. The van der Waals surface area contributed by atoms with E-state index in [1.165, 1.54) is 148 Å². The average molecular weight is 1480 g/mol. The molecule has 0 fully saturated rings. The van der Waals surface area contributed by atoms with E-state index in [1.807, 2.05) is 138 Å². The monoisotopic (exact) mass is 1480 g/mol. The molecule has 7 heteroatoms. The minimum atomic E-state index is 1.02. The topological polar surface area (TPSA) is 31.1 Å². The third kappa shape index (κ3) is 27.9. The van der Waals surface area contributed by atoms with Crippen LogP contribution in [0, 0.1) is 0 Å². The third-order valence-electron chi connectivity index (χ3n) is 17.7. The molecule has 598 valence electrons. The molecule has 0 saturated carbocycles. The molecule has 5 heterocycles. The summed E-state index contributed by atoms with van der Waals surface area (Å²) in [6.07, 6.45) is 0. The van der Waals surface area contributed by atoms with Gasteiger partial charge in [-0.2, -0.15) is 0 Å². The molecule has 0 amide bonds. The van der Waals surface area contributed by atoms with E-state index in [2.05, 4.69) is 351 Å². The van der Waals surface area contributed by atoms with Crippen molar-refractivity contribution in [3.05, 3.63) is 243 Å². The van der Waals surface area contributed by atoms with Crippen molar-refractivity contribution in [3.63, 3.8) is 0 Å². The van der Waals surface area contributed by atoms with Gasteiger partial charge in [-0.05, 0) is 135 Å². The summed E-state index contributed by atoms with van der Waals surface area (Å²) in [5.74, 6) is 0. The predicted molar refractivity (Wildman–Crippen MR) is 506 cm³/mol. The molecule has 0 aliphatic heterocycles. The first-order valence-electron chi connectivity index (χ1n) is 43.0. The van der Waals surface area contributed by atoms with E-state index in [4.69, 9.17) is 0 Å². The van der Waals surface area contributed by atoms with Crippen LogP contribution in [0.3, 0.4) is 0 Å². The average Bonchev–Trinajstić information content (AvgIpc) is 1.66. The fourth-order valence-electron chi connectivity index (χ4n) is 13.1. The number of rotatable bonds is 11. The smallest absolute Gasteiger partial charge is 0.0491 e. The zero-order valence-electron chi connectivity index (χ0n) is 75.0. The molecule has 0 N–H and O–H groups in total. The summed E-state index contributed by atoms with van der Waals surface area (Å²) in [5, 5.41) is 13.6. The summed E-state index contributed by atoms with van der Waals surface area (Å²) in [6, 6.07) is 86.0. The third-order valence-corrected chi connectivity index (χ3v) is 17.7. The Kier molecular flexibility index (Phi) is 59.0. The Bertz CT molecular complexity index is 3700. The molecule has 0 aliphatic rings. The van der Waals surface area contributed by atoms with Crippen molar-refractivity contribution < 1.29 is 0 Å². The van der Waals surface area contributed by atoms with E-state index >= 15 is 0 Å². The van der Waals surface area contributed by atoms with Gasteiger partial charge in [-0.15, -0.1) is 0 Å². The van der Waals surface area contributed by atoms with Gasteiger partial charge in [0, 0.05) is 142 Å². The van der Waals surface area contributed by atoms with Gasteiger partial charge in [-0.1, -0.05) is 362 Å². The first-order chi connectivity index (χ1) is 53.8. The standard InChI is InChI=1S/5C14H13N.2C6H15N.10C2H6/c5*1-2-15-13-9-5-3-7-11(13)12-8-4-6-10-14(12)15;2*1-4-7(5-2)6-3;10*1-2/h5*3-10H,2H2,1H3;2*4-6H2,1-3H3;10*1-2H3. The molecule has 0 aliphatic carbocycles. The Morgan fingerprint density at radius 3 is 0.294 bits per heavy atom. The van der Waals surface area contributed by atoms with E-state index in [9.17, 15) is 0 Å². The van der Waals surface area contributed by atoms with Gasteiger partial charge in [0.15, 0.2) is 0 Å². The van der Waals surface area contributed by atoms with Gasteiger partial charge in [0.05, 0.1) is 0 Å². The number of benzene rings is 10. The van der Waals surface area contributed by atoms with Crippen LogP contribution in [-0.2, 0) is 32.7 Å². The normalized spacial score (nSPS) is 9.62. The number of aromatic nitrogens is 5. The molecule has 15 aromatic rings. The van der Waals surface area contributed by atoms with Crippen molar-refractivity contribution in [2.24, 2.45) is 0 Å². The molecule has 0 atom stereocenters. The van der Waals surface area contributed by atoms with E-state index in [0.29, 0.717) is 0 Å². The lowest BCUT2D eigenvalue weighted by atomic mass is 10.2. The first-order valence-corrected chi connectivity index (χ1v) is 43.0. The van der Waals surface area contributed by atoms with Crippen LogP contribution in [0.5, 0.6) is 0 Å². The zero-order valence-corrected chi connectivity index (χ0v) is 75.0. The summed E-state index contributed by atoms with van der Waals surface area (Å²) in [6.45, 7) is 76.3. The van der Waals surface area contributed by atoms with Crippen molar-refractivity contribution in [2.45, 2.75) is 247 Å². The maximum Gasteiger partial charge on any atom is 0.0491 e. The Hall–Kier alpha value is -8.88. The molecular formula is C102H155N7. The Morgan fingerprint density at radius 2 is 0.229 bits per heavy atom. The summed E-state index contributed by atoms with van der Waals surface area (Å²) >= 11 is 0. The maximum atomic E-state index is 2.38. The van der Waals surface area contributed by atoms with Crippen LogP contribution >= 0.6 is 0 Å². The summed E-state index contributed by atoms with van der Waals surface area (Å²) in [7, 11) is 0. The van der Waals surface area contributed by atoms with Crippen molar-refractivity contribution in [1.82, 2.24) is 32.6 Å². The number of hydrogen-bond donors (Lipinski definition) is 0. The van der Waals surface area contributed by atoms with Crippen LogP contribution in [0.1, 0.15) is 215 Å². The number of para-hydroxylation sites is 10. The minimum Gasteiger partial charge on any atom is -0.341 e. The zero-order chi connectivity index (χ0) is 82.7. The molecule has 0 bridgehead atoms. The van der Waals surface area contributed by atoms with Crippen molar-refractivity contribution in [1.29, 1.82) is 0 Å². The highest BCUT2D eigenvalue weighted by atomic mass is 15.1. The molecular weight excluding hydrogens is 1320 g/mol. The van der Waals surface area contributed by atoms with Gasteiger partial charge in [0.1, 0.15) is 0 Å². The van der Waals surface area contributed by atoms with Gasteiger partial charge in [-0.3, -0.25) is 0 Å². The van der Waals surface area contributed by atoms with E-state index in [0.717, 1.165) is 32.7 Å². The second-order valence-electron chi connectivity index (χ2n) is 22.1.